The Morgan fingerprint density at radius 2 is 1.94 bits per heavy atom. The summed E-state index contributed by atoms with van der Waals surface area (Å²) in [5.41, 5.74) is -0.477. The summed E-state index contributed by atoms with van der Waals surface area (Å²) in [7, 11) is 0. The summed E-state index contributed by atoms with van der Waals surface area (Å²) in [6.45, 7) is 5.89. The van der Waals surface area contributed by atoms with Gasteiger partial charge in [0.05, 0.1) is 12.4 Å². The second-order valence-electron chi connectivity index (χ2n) is 5.52. The minimum atomic E-state index is -0.477. The number of hydrogen-bond donors (Lipinski definition) is 2. The molecular formula is C12H21NO4S. The van der Waals surface area contributed by atoms with E-state index in [0.717, 1.165) is 12.8 Å². The molecule has 104 valence electrons. The summed E-state index contributed by atoms with van der Waals surface area (Å²) in [5, 5.41) is 2.79. The van der Waals surface area contributed by atoms with Gasteiger partial charge in [-0.15, -0.1) is 0 Å². The highest BCUT2D eigenvalue weighted by Gasteiger charge is 2.32. The molecule has 0 spiro atoms. The summed E-state index contributed by atoms with van der Waals surface area (Å²) < 4.78 is 10.1. The number of carbonyl (C=O) groups is 2. The van der Waals surface area contributed by atoms with Gasteiger partial charge >= 0.3 is 12.1 Å². The number of hydrogen-bond acceptors (Lipinski definition) is 5. The van der Waals surface area contributed by atoms with Gasteiger partial charge in [-0.2, -0.15) is 12.6 Å². The van der Waals surface area contributed by atoms with Crippen LogP contribution >= 0.6 is 12.6 Å². The van der Waals surface area contributed by atoms with Crippen LogP contribution in [0.1, 0.15) is 33.6 Å². The molecule has 0 bridgehead atoms. The van der Waals surface area contributed by atoms with Gasteiger partial charge in [0.25, 0.3) is 0 Å². The average molecular weight is 275 g/mol. The molecule has 0 unspecified atom stereocenters. The van der Waals surface area contributed by atoms with Crippen LogP contribution in [0.15, 0.2) is 0 Å². The molecule has 1 aliphatic carbocycles. The fraction of sp³-hybridized carbons (Fsp3) is 0.833. The molecule has 0 aromatic carbocycles. The molecule has 1 aliphatic rings. The van der Waals surface area contributed by atoms with Crippen molar-refractivity contribution in [1.82, 2.24) is 5.32 Å². The van der Waals surface area contributed by atoms with Gasteiger partial charge in [-0.05, 0) is 39.5 Å². The first-order valence-corrected chi connectivity index (χ1v) is 6.69. The van der Waals surface area contributed by atoms with E-state index in [-0.39, 0.29) is 17.8 Å². The van der Waals surface area contributed by atoms with Gasteiger partial charge in [-0.3, -0.25) is 4.79 Å². The molecule has 1 rings (SSSR count). The third-order valence-electron chi connectivity index (χ3n) is 2.57. The number of ether oxygens (including phenoxy) is 2. The summed E-state index contributed by atoms with van der Waals surface area (Å²) in [4.78, 5) is 22.3. The number of alkyl carbamates (subject to hydrolysis) is 1. The van der Waals surface area contributed by atoms with Gasteiger partial charge in [-0.25, -0.2) is 4.79 Å². The van der Waals surface area contributed by atoms with Crippen molar-refractivity contribution in [3.63, 3.8) is 0 Å². The smallest absolute Gasteiger partial charge is 0.407 e. The first-order chi connectivity index (χ1) is 8.30. The zero-order valence-corrected chi connectivity index (χ0v) is 12.0. The number of amides is 1. The van der Waals surface area contributed by atoms with E-state index in [2.05, 4.69) is 17.9 Å². The van der Waals surface area contributed by atoms with Crippen molar-refractivity contribution in [3.8, 4) is 0 Å². The van der Waals surface area contributed by atoms with Crippen molar-refractivity contribution >= 4 is 24.7 Å². The molecule has 0 aromatic heterocycles. The molecule has 5 nitrogen and oxygen atoms in total. The van der Waals surface area contributed by atoms with Crippen molar-refractivity contribution in [2.45, 2.75) is 45.3 Å². The maximum atomic E-state index is 11.5. The first-order valence-electron chi connectivity index (χ1n) is 6.06. The van der Waals surface area contributed by atoms with E-state index in [0.29, 0.717) is 12.5 Å². The highest BCUT2D eigenvalue weighted by atomic mass is 32.1. The Hall–Kier alpha value is -0.910. The molecule has 1 N–H and O–H groups in total. The Kier molecular flexibility index (Phi) is 5.31. The second-order valence-corrected chi connectivity index (χ2v) is 5.84. The van der Waals surface area contributed by atoms with E-state index in [9.17, 15) is 9.59 Å². The number of rotatable bonds is 4. The molecule has 6 heteroatoms. The summed E-state index contributed by atoms with van der Waals surface area (Å²) in [6.07, 6.45) is 1.25. The predicted octanol–water partition coefficient (Wildman–Crippen LogP) is 1.76. The molecule has 0 atom stereocenters. The lowest BCUT2D eigenvalue weighted by Crippen LogP contribution is -2.47. The Labute approximate surface area is 113 Å². The Bertz CT molecular complexity index is 308. The van der Waals surface area contributed by atoms with Crippen molar-refractivity contribution in [2.24, 2.45) is 5.92 Å². The van der Waals surface area contributed by atoms with Crippen LogP contribution in [0.25, 0.3) is 0 Å². The van der Waals surface area contributed by atoms with E-state index in [4.69, 9.17) is 9.47 Å². The number of thiol groups is 1. The lowest BCUT2D eigenvalue weighted by molar-refractivity contribution is -0.142. The monoisotopic (exact) mass is 275 g/mol. The topological polar surface area (TPSA) is 64.6 Å². The summed E-state index contributed by atoms with van der Waals surface area (Å²) >= 11 is 3.82. The molecule has 0 aromatic rings. The fourth-order valence-electron chi connectivity index (χ4n) is 1.72. The van der Waals surface area contributed by atoms with Crippen molar-refractivity contribution in [3.05, 3.63) is 0 Å². The van der Waals surface area contributed by atoms with Crippen LogP contribution in [0.3, 0.4) is 0 Å². The molecule has 0 radical (unpaired) electrons. The number of carbonyl (C=O) groups excluding carboxylic acids is 2. The normalized spacial score (nSPS) is 22.9. The van der Waals surface area contributed by atoms with Crippen molar-refractivity contribution in [2.75, 3.05) is 12.4 Å². The number of nitrogens with one attached hydrogen (secondary N) is 1. The third-order valence-corrected chi connectivity index (χ3v) is 2.82. The Morgan fingerprint density at radius 3 is 2.44 bits per heavy atom. The van der Waals surface area contributed by atoms with Crippen molar-refractivity contribution < 1.29 is 19.1 Å². The molecule has 0 aliphatic heterocycles. The fourth-order valence-corrected chi connectivity index (χ4v) is 1.81. The molecule has 0 saturated heterocycles. The van der Waals surface area contributed by atoms with Crippen molar-refractivity contribution in [1.29, 1.82) is 0 Å². The van der Waals surface area contributed by atoms with Gasteiger partial charge in [0.1, 0.15) is 5.60 Å². The van der Waals surface area contributed by atoms with Crippen LogP contribution in [0.2, 0.25) is 0 Å². The zero-order chi connectivity index (χ0) is 13.8. The standard InChI is InChI=1S/C12H21NO4S/c1-12(2,3)17-11(15)13-9-4-8(5-9)6-16-10(14)7-18/h8-9,18H,4-7H2,1-3H3,(H,13,15). The molecule has 0 heterocycles. The maximum Gasteiger partial charge on any atom is 0.407 e. The van der Waals surface area contributed by atoms with E-state index in [1.807, 2.05) is 20.8 Å². The lowest BCUT2D eigenvalue weighted by atomic mass is 9.81. The first kappa shape index (κ1) is 15.1. The van der Waals surface area contributed by atoms with Crippen LogP contribution in [0.4, 0.5) is 4.79 Å². The SMILES string of the molecule is CC(C)(C)OC(=O)NC1CC(COC(=O)CS)C1. The maximum absolute atomic E-state index is 11.5. The third kappa shape index (κ3) is 5.62. The Balaban J connectivity index is 2.12. The zero-order valence-electron chi connectivity index (χ0n) is 11.1. The van der Waals surface area contributed by atoms with Crippen LogP contribution in [0, 0.1) is 5.92 Å². The molecule has 1 fully saturated rings. The molecule has 18 heavy (non-hydrogen) atoms. The Morgan fingerprint density at radius 1 is 1.33 bits per heavy atom. The number of esters is 1. The van der Waals surface area contributed by atoms with Crippen LogP contribution in [-0.2, 0) is 14.3 Å². The molecule has 1 saturated carbocycles. The van der Waals surface area contributed by atoms with Gasteiger partial charge < -0.3 is 14.8 Å². The van der Waals surface area contributed by atoms with Crippen LogP contribution < -0.4 is 5.32 Å². The summed E-state index contributed by atoms with van der Waals surface area (Å²) in [5.74, 6) is 0.127. The van der Waals surface area contributed by atoms with Gasteiger partial charge in [0.15, 0.2) is 0 Å². The van der Waals surface area contributed by atoms with E-state index in [1.165, 1.54) is 0 Å². The van der Waals surface area contributed by atoms with E-state index < -0.39 is 11.7 Å². The quantitative estimate of drug-likeness (QED) is 0.606. The minimum Gasteiger partial charge on any atom is -0.465 e. The predicted molar refractivity (Wildman–Crippen MR) is 70.7 cm³/mol. The highest BCUT2D eigenvalue weighted by Crippen LogP contribution is 2.27. The van der Waals surface area contributed by atoms with Crippen LogP contribution in [0.5, 0.6) is 0 Å². The second kappa shape index (κ2) is 6.31. The van der Waals surface area contributed by atoms with Gasteiger partial charge in [-0.1, -0.05) is 0 Å². The van der Waals surface area contributed by atoms with Crippen LogP contribution in [-0.4, -0.2) is 36.1 Å². The molecular weight excluding hydrogens is 254 g/mol. The molecule has 1 amide bonds. The van der Waals surface area contributed by atoms with E-state index in [1.54, 1.807) is 0 Å². The average Bonchev–Trinajstić information content (AvgIpc) is 2.17. The highest BCUT2D eigenvalue weighted by molar-refractivity contribution is 7.81. The lowest BCUT2D eigenvalue weighted by Gasteiger charge is -2.35. The van der Waals surface area contributed by atoms with Gasteiger partial charge in [0.2, 0.25) is 0 Å². The van der Waals surface area contributed by atoms with Gasteiger partial charge in [0, 0.05) is 6.04 Å². The largest absolute Gasteiger partial charge is 0.465 e. The summed E-state index contributed by atoms with van der Waals surface area (Å²) in [6, 6.07) is 0.125. The minimum absolute atomic E-state index is 0.103. The van der Waals surface area contributed by atoms with E-state index >= 15 is 0 Å².